The van der Waals surface area contributed by atoms with E-state index >= 15 is 0 Å². The van der Waals surface area contributed by atoms with Crippen molar-refractivity contribution in [2.24, 2.45) is 0 Å². The predicted octanol–water partition coefficient (Wildman–Crippen LogP) is 0.715. The van der Waals surface area contributed by atoms with Crippen LogP contribution in [-0.2, 0) is 14.3 Å². The lowest BCUT2D eigenvalue weighted by molar-refractivity contribution is -0.184. The predicted molar refractivity (Wildman–Crippen MR) is 80.3 cm³/mol. The number of ether oxygens (including phenoxy) is 2. The summed E-state index contributed by atoms with van der Waals surface area (Å²) < 4.78 is 10.8. The van der Waals surface area contributed by atoms with E-state index in [-0.39, 0.29) is 18.4 Å². The molecule has 0 radical (unpaired) electrons. The lowest BCUT2D eigenvalue weighted by Crippen LogP contribution is -2.49. The summed E-state index contributed by atoms with van der Waals surface area (Å²) in [6.45, 7) is 2.99. The van der Waals surface area contributed by atoms with Gasteiger partial charge >= 0.3 is 0 Å². The Hall–Kier alpha value is -1.73. The molecule has 0 aromatic carbocycles. The molecule has 22 heavy (non-hydrogen) atoms. The molecule has 2 fully saturated rings. The van der Waals surface area contributed by atoms with E-state index in [1.54, 1.807) is 18.5 Å². The van der Waals surface area contributed by atoms with Crippen molar-refractivity contribution in [2.75, 3.05) is 31.2 Å². The molecule has 1 aromatic heterocycles. The summed E-state index contributed by atoms with van der Waals surface area (Å²) >= 11 is 0. The molecule has 120 valence electrons. The van der Waals surface area contributed by atoms with Crippen LogP contribution in [0.2, 0.25) is 0 Å². The van der Waals surface area contributed by atoms with Crippen molar-refractivity contribution in [2.45, 2.75) is 38.0 Å². The van der Waals surface area contributed by atoms with Crippen molar-refractivity contribution in [3.8, 4) is 0 Å². The molecular formula is C15H22N4O3. The molecule has 3 heterocycles. The third-order valence-electron chi connectivity index (χ3n) is 3.87. The van der Waals surface area contributed by atoms with Gasteiger partial charge in [-0.2, -0.15) is 0 Å². The number of carbonyl (C=O) groups is 1. The maximum absolute atomic E-state index is 12.1. The zero-order valence-electron chi connectivity index (χ0n) is 12.6. The second-order valence-electron chi connectivity index (χ2n) is 5.63. The number of rotatable bonds is 4. The second kappa shape index (κ2) is 7.51. The summed E-state index contributed by atoms with van der Waals surface area (Å²) in [5.41, 5.74) is 0. The van der Waals surface area contributed by atoms with Gasteiger partial charge in [0.2, 0.25) is 11.9 Å². The van der Waals surface area contributed by atoms with Gasteiger partial charge in [0.05, 0.1) is 19.6 Å². The topological polar surface area (TPSA) is 76.6 Å². The van der Waals surface area contributed by atoms with Crippen LogP contribution in [0.15, 0.2) is 18.5 Å². The van der Waals surface area contributed by atoms with Crippen molar-refractivity contribution < 1.29 is 14.3 Å². The highest BCUT2D eigenvalue weighted by Crippen LogP contribution is 2.16. The molecular weight excluding hydrogens is 284 g/mol. The lowest BCUT2D eigenvalue weighted by Gasteiger charge is -2.33. The van der Waals surface area contributed by atoms with Crippen molar-refractivity contribution in [1.82, 2.24) is 15.3 Å². The maximum Gasteiger partial charge on any atom is 0.225 e. The van der Waals surface area contributed by atoms with Gasteiger partial charge in [0.15, 0.2) is 6.29 Å². The number of hydrogen-bond acceptors (Lipinski definition) is 6. The van der Waals surface area contributed by atoms with E-state index in [9.17, 15) is 4.79 Å². The van der Waals surface area contributed by atoms with Crippen LogP contribution in [0.1, 0.15) is 25.7 Å². The minimum Gasteiger partial charge on any atom is -0.352 e. The van der Waals surface area contributed by atoms with E-state index in [2.05, 4.69) is 20.2 Å². The first-order valence-electron chi connectivity index (χ1n) is 7.86. The van der Waals surface area contributed by atoms with Crippen LogP contribution in [0.25, 0.3) is 0 Å². The summed E-state index contributed by atoms with van der Waals surface area (Å²) in [4.78, 5) is 22.8. The SMILES string of the molecule is O=C(CC1OCCCO1)N[C@H]1CCCN(c2ncccn2)C1. The number of anilines is 1. The Kier molecular flexibility index (Phi) is 5.18. The average molecular weight is 306 g/mol. The fraction of sp³-hybridized carbons (Fsp3) is 0.667. The summed E-state index contributed by atoms with van der Waals surface area (Å²) in [6, 6.07) is 1.92. The van der Waals surface area contributed by atoms with Crippen molar-refractivity contribution in [3.05, 3.63) is 18.5 Å². The number of piperidine rings is 1. The summed E-state index contributed by atoms with van der Waals surface area (Å²) in [5, 5.41) is 3.07. The first-order valence-corrected chi connectivity index (χ1v) is 7.86. The molecule has 1 amide bonds. The molecule has 2 aliphatic heterocycles. The average Bonchev–Trinajstić information content (AvgIpc) is 2.57. The standard InChI is InChI=1S/C15H22N4O3/c20-13(10-14-21-8-3-9-22-14)18-12-4-1-7-19(11-12)15-16-5-2-6-17-15/h2,5-6,12,14H,1,3-4,7-11H2,(H,18,20)/t12-/m0/s1. The number of aromatic nitrogens is 2. The van der Waals surface area contributed by atoms with Crippen molar-refractivity contribution >= 4 is 11.9 Å². The van der Waals surface area contributed by atoms with Crippen LogP contribution in [-0.4, -0.2) is 54.5 Å². The molecule has 0 aliphatic carbocycles. The van der Waals surface area contributed by atoms with Gasteiger partial charge in [-0.1, -0.05) is 0 Å². The van der Waals surface area contributed by atoms with E-state index in [0.717, 1.165) is 38.3 Å². The van der Waals surface area contributed by atoms with Crippen LogP contribution in [0.5, 0.6) is 0 Å². The first kappa shape index (κ1) is 15.2. The minimum absolute atomic E-state index is 0.0206. The van der Waals surface area contributed by atoms with Crippen LogP contribution in [0.3, 0.4) is 0 Å². The minimum atomic E-state index is -0.397. The van der Waals surface area contributed by atoms with Crippen LogP contribution >= 0.6 is 0 Å². The monoisotopic (exact) mass is 306 g/mol. The molecule has 0 bridgehead atoms. The van der Waals surface area contributed by atoms with E-state index < -0.39 is 6.29 Å². The normalized spacial score (nSPS) is 23.3. The Morgan fingerprint density at radius 1 is 1.27 bits per heavy atom. The third kappa shape index (κ3) is 4.14. The molecule has 0 unspecified atom stereocenters. The van der Waals surface area contributed by atoms with Crippen molar-refractivity contribution in [1.29, 1.82) is 0 Å². The molecule has 7 heteroatoms. The molecule has 2 aliphatic rings. The molecule has 1 atom stereocenters. The second-order valence-corrected chi connectivity index (χ2v) is 5.63. The highest BCUT2D eigenvalue weighted by Gasteiger charge is 2.25. The van der Waals surface area contributed by atoms with Crippen LogP contribution in [0.4, 0.5) is 5.95 Å². The van der Waals surface area contributed by atoms with Gasteiger partial charge in [-0.05, 0) is 25.3 Å². The molecule has 0 spiro atoms. The lowest BCUT2D eigenvalue weighted by atomic mass is 10.1. The van der Waals surface area contributed by atoms with E-state index in [0.29, 0.717) is 13.2 Å². The molecule has 0 saturated carbocycles. The van der Waals surface area contributed by atoms with Gasteiger partial charge in [-0.25, -0.2) is 9.97 Å². The van der Waals surface area contributed by atoms with E-state index in [1.807, 2.05) is 0 Å². The fourth-order valence-corrected chi connectivity index (χ4v) is 2.82. The zero-order valence-corrected chi connectivity index (χ0v) is 12.6. The van der Waals surface area contributed by atoms with Crippen LogP contribution < -0.4 is 10.2 Å². The Morgan fingerprint density at radius 2 is 2.05 bits per heavy atom. The largest absolute Gasteiger partial charge is 0.352 e. The molecule has 1 N–H and O–H groups in total. The van der Waals surface area contributed by atoms with Crippen LogP contribution in [0, 0.1) is 0 Å². The Balaban J connectivity index is 1.48. The van der Waals surface area contributed by atoms with E-state index in [4.69, 9.17) is 9.47 Å². The number of carbonyl (C=O) groups excluding carboxylic acids is 1. The smallest absolute Gasteiger partial charge is 0.225 e. The summed E-state index contributed by atoms with van der Waals surface area (Å²) in [6.07, 6.45) is 6.22. The number of nitrogens with one attached hydrogen (secondary N) is 1. The highest BCUT2D eigenvalue weighted by molar-refractivity contribution is 5.76. The number of nitrogens with zero attached hydrogens (tertiary/aromatic N) is 3. The Morgan fingerprint density at radius 3 is 2.82 bits per heavy atom. The third-order valence-corrected chi connectivity index (χ3v) is 3.87. The molecule has 2 saturated heterocycles. The van der Waals surface area contributed by atoms with Gasteiger partial charge in [0, 0.05) is 31.5 Å². The van der Waals surface area contributed by atoms with Gasteiger partial charge in [0.1, 0.15) is 0 Å². The van der Waals surface area contributed by atoms with Gasteiger partial charge in [-0.3, -0.25) is 4.79 Å². The highest BCUT2D eigenvalue weighted by atomic mass is 16.7. The number of amides is 1. The Bertz CT molecular complexity index is 479. The summed E-state index contributed by atoms with van der Waals surface area (Å²) in [5.74, 6) is 0.702. The first-order chi connectivity index (χ1) is 10.8. The molecule has 7 nitrogen and oxygen atoms in total. The molecule has 1 aromatic rings. The van der Waals surface area contributed by atoms with E-state index in [1.165, 1.54) is 0 Å². The van der Waals surface area contributed by atoms with Gasteiger partial charge in [0.25, 0.3) is 0 Å². The Labute approximate surface area is 130 Å². The zero-order chi connectivity index (χ0) is 15.2. The molecule has 3 rings (SSSR count). The van der Waals surface area contributed by atoms with Crippen molar-refractivity contribution in [3.63, 3.8) is 0 Å². The summed E-state index contributed by atoms with van der Waals surface area (Å²) in [7, 11) is 0. The number of hydrogen-bond donors (Lipinski definition) is 1. The fourth-order valence-electron chi connectivity index (χ4n) is 2.82. The quantitative estimate of drug-likeness (QED) is 0.883. The van der Waals surface area contributed by atoms with Gasteiger partial charge < -0.3 is 19.7 Å². The maximum atomic E-state index is 12.1. The van der Waals surface area contributed by atoms with Gasteiger partial charge in [-0.15, -0.1) is 0 Å².